The van der Waals surface area contributed by atoms with Crippen LogP contribution in [0.15, 0.2) is 46.2 Å². The smallest absolute Gasteiger partial charge is 0.163 e. The van der Waals surface area contributed by atoms with Gasteiger partial charge in [-0.15, -0.1) is 0 Å². The van der Waals surface area contributed by atoms with Crippen molar-refractivity contribution in [1.82, 2.24) is 0 Å². The molecule has 2 aromatic carbocycles. The molecule has 9 heteroatoms. The third-order valence-corrected chi connectivity index (χ3v) is 6.25. The highest BCUT2D eigenvalue weighted by atomic mass is 32.3. The Morgan fingerprint density at radius 2 is 1.19 bits per heavy atom. The van der Waals surface area contributed by atoms with Crippen LogP contribution in [0.2, 0.25) is 0 Å². The lowest BCUT2D eigenvalue weighted by Gasteiger charge is -2.28. The van der Waals surface area contributed by atoms with Crippen molar-refractivity contribution in [3.8, 4) is 0 Å². The Labute approximate surface area is 152 Å². The predicted octanol–water partition coefficient (Wildman–Crippen LogP) is 3.23. The van der Waals surface area contributed by atoms with Crippen LogP contribution in [-0.4, -0.2) is 32.9 Å². The van der Waals surface area contributed by atoms with Crippen LogP contribution in [0.1, 0.15) is 22.3 Å². The molecule has 0 aliphatic rings. The van der Waals surface area contributed by atoms with E-state index in [1.807, 2.05) is 0 Å². The second-order valence-corrected chi connectivity index (χ2v) is 11.8. The van der Waals surface area contributed by atoms with Crippen LogP contribution in [-0.2, 0) is 19.4 Å². The van der Waals surface area contributed by atoms with E-state index in [0.717, 1.165) is 6.26 Å². The second kappa shape index (κ2) is 5.89. The summed E-state index contributed by atoms with van der Waals surface area (Å²) < 4.78 is 63.6. The summed E-state index contributed by atoms with van der Waals surface area (Å²) in [5.74, 6) is 0. The summed E-state index contributed by atoms with van der Waals surface area (Å²) in [7, 11) is -10.5. The second-order valence-electron chi connectivity index (χ2n) is 6.57. The van der Waals surface area contributed by atoms with E-state index in [0.29, 0.717) is 11.1 Å². The van der Waals surface area contributed by atoms with E-state index in [4.69, 9.17) is 5.14 Å². The van der Waals surface area contributed by atoms with Gasteiger partial charge in [-0.05, 0) is 48.2 Å². The molecule has 0 spiro atoms. The first-order chi connectivity index (χ1) is 11.5. The molecule has 0 fully saturated rings. The van der Waals surface area contributed by atoms with Crippen molar-refractivity contribution in [2.24, 2.45) is 5.14 Å². The molecule has 0 heterocycles. The molecule has 0 saturated heterocycles. The molecule has 0 amide bonds. The van der Waals surface area contributed by atoms with Gasteiger partial charge < -0.3 is 9.11 Å². The Bertz CT molecular complexity index is 940. The van der Waals surface area contributed by atoms with E-state index >= 15 is 0 Å². The normalized spacial score (nSPS) is 16.0. The minimum Gasteiger partial charge on any atom is -0.304 e. The Balaban J connectivity index is 2.65. The molecule has 0 aliphatic heterocycles. The Hall–Kier alpha value is -1.72. The molecule has 2 rings (SSSR count). The summed E-state index contributed by atoms with van der Waals surface area (Å²) in [6, 6.07) is 9.04. The third kappa shape index (κ3) is 4.92. The van der Waals surface area contributed by atoms with Crippen molar-refractivity contribution in [3.63, 3.8) is 0 Å². The third-order valence-electron chi connectivity index (χ3n) is 3.70. The van der Waals surface area contributed by atoms with E-state index in [1.54, 1.807) is 26.0 Å². The summed E-state index contributed by atoms with van der Waals surface area (Å²) in [4.78, 5) is -0.542. The fourth-order valence-electron chi connectivity index (χ4n) is 2.48. The number of hydrogen-bond acceptors (Lipinski definition) is 2. The lowest BCUT2D eigenvalue weighted by Crippen LogP contribution is -2.41. The monoisotopic (exact) mass is 401 g/mol. The Morgan fingerprint density at radius 3 is 1.58 bits per heavy atom. The average molecular weight is 402 g/mol. The summed E-state index contributed by atoms with van der Waals surface area (Å²) in [5.41, 5.74) is 1.68. The first kappa shape index (κ1) is 20.6. The number of nitrogens with two attached hydrogens (primary N) is 1. The molecular formula is C17H23NO6S2. The highest BCUT2D eigenvalue weighted by Crippen LogP contribution is 2.32. The predicted molar refractivity (Wildman–Crippen MR) is 105 cm³/mol. The van der Waals surface area contributed by atoms with Gasteiger partial charge in [0.2, 0.25) is 0 Å². The molecule has 6 N–H and O–H groups in total. The van der Waals surface area contributed by atoms with Crippen molar-refractivity contribution >= 4 is 31.6 Å². The highest BCUT2D eigenvalue weighted by molar-refractivity contribution is 8.09. The summed E-state index contributed by atoms with van der Waals surface area (Å²) in [6.45, 7) is 3.38. The minimum absolute atomic E-state index is 0.155. The number of rotatable bonds is 4. The minimum atomic E-state index is -5.49. The standard InChI is InChI=1S/C17H23NO6S2/c1-12-4-6-14(16(10-12)25(3,19,20)21)8-9-15-7-5-13(2)11-17(15)26(18,22,23)24/h4-11H,1-3H3,(H2,19,20,21)(H4,18,22,23,24). The topological polar surface area (TPSA) is 141 Å². The molecule has 0 atom stereocenters. The molecule has 2 aromatic rings. The number of benzene rings is 2. The van der Waals surface area contributed by atoms with Gasteiger partial charge >= 0.3 is 0 Å². The van der Waals surface area contributed by atoms with Crippen molar-refractivity contribution in [3.05, 3.63) is 58.7 Å². The molecule has 0 unspecified atom stereocenters. The zero-order valence-electron chi connectivity index (χ0n) is 14.6. The molecule has 0 bridgehead atoms. The van der Waals surface area contributed by atoms with Crippen LogP contribution in [0.4, 0.5) is 0 Å². The first-order valence-corrected chi connectivity index (χ1v) is 11.7. The summed E-state index contributed by atoms with van der Waals surface area (Å²) in [6.07, 6.45) is 3.59. The van der Waals surface area contributed by atoms with Crippen LogP contribution in [0, 0.1) is 13.8 Å². The maximum atomic E-state index is 12.2. The SMILES string of the molecule is Cc1ccc(C=Cc2ccc(C)cc2S(N)(=O)(O)O)c(S(C)(=O)(O)O)c1. The van der Waals surface area contributed by atoms with Gasteiger partial charge in [0.25, 0.3) is 0 Å². The maximum absolute atomic E-state index is 12.2. The van der Waals surface area contributed by atoms with Gasteiger partial charge in [-0.25, -0.2) is 13.6 Å². The van der Waals surface area contributed by atoms with E-state index < -0.39 is 19.4 Å². The zero-order valence-corrected chi connectivity index (χ0v) is 16.3. The maximum Gasteiger partial charge on any atom is 0.163 e. The summed E-state index contributed by atoms with van der Waals surface area (Å²) >= 11 is 0. The van der Waals surface area contributed by atoms with Gasteiger partial charge in [-0.1, -0.05) is 36.4 Å². The summed E-state index contributed by atoms with van der Waals surface area (Å²) in [5, 5.41) is 5.18. The number of hydrogen-bond donors (Lipinski definition) is 5. The average Bonchev–Trinajstić information content (AvgIpc) is 2.43. The quantitative estimate of drug-likeness (QED) is 0.498. The molecule has 144 valence electrons. The number of aryl methyl sites for hydroxylation is 2. The van der Waals surface area contributed by atoms with Crippen LogP contribution >= 0.6 is 0 Å². The lowest BCUT2D eigenvalue weighted by atomic mass is 10.1. The van der Waals surface area contributed by atoms with Gasteiger partial charge in [-0.3, -0.25) is 9.11 Å². The van der Waals surface area contributed by atoms with E-state index in [-0.39, 0.29) is 20.9 Å². The van der Waals surface area contributed by atoms with Crippen LogP contribution in [0.3, 0.4) is 0 Å². The first-order valence-electron chi connectivity index (χ1n) is 7.50. The molecular weight excluding hydrogens is 378 g/mol. The molecule has 0 aromatic heterocycles. The van der Waals surface area contributed by atoms with E-state index in [2.05, 4.69) is 0 Å². The van der Waals surface area contributed by atoms with Crippen molar-refractivity contribution in [2.45, 2.75) is 23.6 Å². The van der Waals surface area contributed by atoms with E-state index in [1.165, 1.54) is 36.4 Å². The molecule has 0 saturated carbocycles. The molecule has 0 aliphatic carbocycles. The highest BCUT2D eigenvalue weighted by Gasteiger charge is 2.30. The van der Waals surface area contributed by atoms with Gasteiger partial charge in [0.1, 0.15) is 9.63 Å². The Kier molecular flexibility index (Phi) is 4.67. The van der Waals surface area contributed by atoms with Gasteiger partial charge in [0, 0.05) is 6.26 Å². The Morgan fingerprint density at radius 1 is 0.808 bits per heavy atom. The fraction of sp³-hybridized carbons (Fsp3) is 0.176. The van der Waals surface area contributed by atoms with Crippen LogP contribution in [0.25, 0.3) is 12.2 Å². The van der Waals surface area contributed by atoms with Crippen molar-refractivity contribution < 1.29 is 26.6 Å². The van der Waals surface area contributed by atoms with Crippen LogP contribution in [0.5, 0.6) is 0 Å². The lowest BCUT2D eigenvalue weighted by molar-refractivity contribution is 0.390. The molecule has 26 heavy (non-hydrogen) atoms. The van der Waals surface area contributed by atoms with Crippen molar-refractivity contribution in [1.29, 1.82) is 0 Å². The van der Waals surface area contributed by atoms with Crippen LogP contribution < -0.4 is 5.14 Å². The van der Waals surface area contributed by atoms with Gasteiger partial charge in [0.15, 0.2) is 9.81 Å². The van der Waals surface area contributed by atoms with Gasteiger partial charge in [-0.2, -0.15) is 0 Å². The van der Waals surface area contributed by atoms with E-state index in [9.17, 15) is 26.6 Å². The largest absolute Gasteiger partial charge is 0.304 e. The fourth-order valence-corrected chi connectivity index (χ4v) is 4.60. The molecule has 7 nitrogen and oxygen atoms in total. The molecule has 0 radical (unpaired) electrons. The zero-order chi connectivity index (χ0) is 20.0. The van der Waals surface area contributed by atoms with Crippen molar-refractivity contribution in [2.75, 3.05) is 6.26 Å². The van der Waals surface area contributed by atoms with Gasteiger partial charge in [0.05, 0.1) is 9.79 Å².